The summed E-state index contributed by atoms with van der Waals surface area (Å²) < 4.78 is 5.11. The molecule has 2 aromatic rings. The maximum absolute atomic E-state index is 12.2. The first-order valence-corrected chi connectivity index (χ1v) is 7.58. The van der Waals surface area contributed by atoms with Crippen LogP contribution < -0.4 is 5.32 Å². The van der Waals surface area contributed by atoms with Gasteiger partial charge in [-0.05, 0) is 18.6 Å². The molecule has 0 radical (unpaired) electrons. The van der Waals surface area contributed by atoms with Gasteiger partial charge in [0.15, 0.2) is 0 Å². The molecule has 5 heteroatoms. The second kappa shape index (κ2) is 7.36. The van der Waals surface area contributed by atoms with Crippen LogP contribution in [0.2, 0.25) is 0 Å². The summed E-state index contributed by atoms with van der Waals surface area (Å²) in [5.41, 5.74) is 1.25. The quantitative estimate of drug-likeness (QED) is 0.825. The highest BCUT2D eigenvalue weighted by atomic mass is 79.9. The molecule has 2 rings (SSSR count). The largest absolute Gasteiger partial charge is 0.383 e. The number of carbonyl (C=O) groups is 1. The molecule has 1 heterocycles. The first-order valence-electron chi connectivity index (χ1n) is 6.46. The van der Waals surface area contributed by atoms with Crippen molar-refractivity contribution in [2.24, 2.45) is 0 Å². The Hall–Kier alpha value is -1.46. The van der Waals surface area contributed by atoms with Crippen LogP contribution in [0.25, 0.3) is 10.9 Å². The Labute approximate surface area is 126 Å². The summed E-state index contributed by atoms with van der Waals surface area (Å²) in [5, 5.41) is 4.78. The van der Waals surface area contributed by atoms with E-state index in [1.807, 2.05) is 30.3 Å². The van der Waals surface area contributed by atoms with Crippen molar-refractivity contribution in [2.75, 3.05) is 19.0 Å². The predicted octanol–water partition coefficient (Wildman–Crippen LogP) is 2.76. The molecule has 1 aromatic heterocycles. The van der Waals surface area contributed by atoms with Gasteiger partial charge in [0.2, 0.25) is 0 Å². The van der Waals surface area contributed by atoms with Crippen LogP contribution in [-0.2, 0) is 4.74 Å². The van der Waals surface area contributed by atoms with Gasteiger partial charge in [0.1, 0.15) is 5.69 Å². The fraction of sp³-hybridized carbons (Fsp3) is 0.333. The van der Waals surface area contributed by atoms with Crippen molar-refractivity contribution in [3.8, 4) is 0 Å². The molecule has 0 bridgehead atoms. The topological polar surface area (TPSA) is 51.2 Å². The fourth-order valence-corrected chi connectivity index (χ4v) is 2.53. The van der Waals surface area contributed by atoms with Crippen LogP contribution >= 0.6 is 15.9 Å². The Bertz CT molecular complexity index is 583. The highest BCUT2D eigenvalue weighted by Crippen LogP contribution is 2.12. The van der Waals surface area contributed by atoms with E-state index < -0.39 is 0 Å². The lowest BCUT2D eigenvalue weighted by Gasteiger charge is -2.16. The third kappa shape index (κ3) is 3.77. The Morgan fingerprint density at radius 1 is 1.35 bits per heavy atom. The van der Waals surface area contributed by atoms with E-state index in [0.717, 1.165) is 22.7 Å². The van der Waals surface area contributed by atoms with E-state index in [9.17, 15) is 4.79 Å². The minimum atomic E-state index is -0.168. The summed E-state index contributed by atoms with van der Waals surface area (Å²) in [6.45, 7) is 0.491. The van der Waals surface area contributed by atoms with E-state index in [1.54, 1.807) is 13.2 Å². The number of nitrogens with one attached hydrogen (secondary N) is 1. The van der Waals surface area contributed by atoms with Crippen LogP contribution in [0.5, 0.6) is 0 Å². The summed E-state index contributed by atoms with van der Waals surface area (Å²) in [6.07, 6.45) is 0.813. The lowest BCUT2D eigenvalue weighted by molar-refractivity contribution is 0.0891. The maximum Gasteiger partial charge on any atom is 0.270 e. The molecule has 0 spiro atoms. The van der Waals surface area contributed by atoms with Gasteiger partial charge in [-0.1, -0.05) is 40.2 Å². The zero-order chi connectivity index (χ0) is 14.4. The van der Waals surface area contributed by atoms with Crippen LogP contribution in [0.15, 0.2) is 36.4 Å². The Balaban J connectivity index is 2.13. The predicted molar refractivity (Wildman–Crippen MR) is 83.3 cm³/mol. The molecule has 0 aliphatic rings. The molecule has 4 nitrogen and oxygen atoms in total. The van der Waals surface area contributed by atoms with E-state index in [0.29, 0.717) is 12.3 Å². The number of halogens is 1. The van der Waals surface area contributed by atoms with Crippen LogP contribution in [0.4, 0.5) is 0 Å². The molecular formula is C15H17BrN2O2. The number of hydrogen-bond acceptors (Lipinski definition) is 3. The smallest absolute Gasteiger partial charge is 0.270 e. The van der Waals surface area contributed by atoms with Crippen LogP contribution in [0.1, 0.15) is 16.9 Å². The van der Waals surface area contributed by atoms with Crippen molar-refractivity contribution in [3.05, 3.63) is 42.1 Å². The van der Waals surface area contributed by atoms with Gasteiger partial charge in [0.25, 0.3) is 5.91 Å². The summed E-state index contributed by atoms with van der Waals surface area (Å²) in [4.78, 5) is 16.6. The summed E-state index contributed by atoms with van der Waals surface area (Å²) in [6, 6.07) is 11.4. The SMILES string of the molecule is COCC(CCBr)NC(=O)c1ccc2ccccc2n1. The number of aromatic nitrogens is 1. The number of nitrogens with zero attached hydrogens (tertiary/aromatic N) is 1. The molecule has 0 aliphatic heterocycles. The number of hydrogen-bond donors (Lipinski definition) is 1. The molecule has 20 heavy (non-hydrogen) atoms. The van der Waals surface area contributed by atoms with Gasteiger partial charge in [0, 0.05) is 17.8 Å². The van der Waals surface area contributed by atoms with E-state index in [4.69, 9.17) is 4.74 Å². The number of fused-ring (bicyclic) bond motifs is 1. The standard InChI is InChI=1S/C15H17BrN2O2/c1-20-10-12(8-9-16)17-15(19)14-7-6-11-4-2-3-5-13(11)18-14/h2-7,12H,8-10H2,1H3,(H,17,19). The van der Waals surface area contributed by atoms with Crippen molar-refractivity contribution in [1.82, 2.24) is 10.3 Å². The van der Waals surface area contributed by atoms with Crippen molar-refractivity contribution in [2.45, 2.75) is 12.5 Å². The van der Waals surface area contributed by atoms with E-state index in [1.165, 1.54) is 0 Å². The van der Waals surface area contributed by atoms with Gasteiger partial charge in [-0.2, -0.15) is 0 Å². The van der Waals surface area contributed by atoms with Crippen molar-refractivity contribution in [3.63, 3.8) is 0 Å². The van der Waals surface area contributed by atoms with Gasteiger partial charge in [0.05, 0.1) is 18.2 Å². The van der Waals surface area contributed by atoms with Crippen LogP contribution in [0.3, 0.4) is 0 Å². The average Bonchev–Trinajstić information content (AvgIpc) is 2.47. The molecule has 0 fully saturated rings. The number of rotatable bonds is 6. The number of benzene rings is 1. The number of methoxy groups -OCH3 is 1. The molecule has 0 aliphatic carbocycles. The molecule has 1 N–H and O–H groups in total. The second-order valence-electron chi connectivity index (χ2n) is 4.49. The summed E-state index contributed by atoms with van der Waals surface area (Å²) >= 11 is 3.38. The van der Waals surface area contributed by atoms with Gasteiger partial charge < -0.3 is 10.1 Å². The highest BCUT2D eigenvalue weighted by molar-refractivity contribution is 9.09. The molecule has 0 saturated carbocycles. The third-order valence-electron chi connectivity index (χ3n) is 2.99. The molecule has 1 unspecified atom stereocenters. The molecular weight excluding hydrogens is 320 g/mol. The number of amides is 1. The maximum atomic E-state index is 12.2. The minimum absolute atomic E-state index is 0.0138. The Morgan fingerprint density at radius 3 is 2.90 bits per heavy atom. The van der Waals surface area contributed by atoms with E-state index >= 15 is 0 Å². The lowest BCUT2D eigenvalue weighted by atomic mass is 10.2. The molecule has 106 valence electrons. The van der Waals surface area contributed by atoms with Crippen LogP contribution in [-0.4, -0.2) is 36.0 Å². The molecule has 1 atom stereocenters. The van der Waals surface area contributed by atoms with Gasteiger partial charge >= 0.3 is 0 Å². The monoisotopic (exact) mass is 336 g/mol. The summed E-state index contributed by atoms with van der Waals surface area (Å²) in [7, 11) is 1.63. The Kier molecular flexibility index (Phi) is 5.49. The fourth-order valence-electron chi connectivity index (χ4n) is 1.98. The molecule has 0 saturated heterocycles. The minimum Gasteiger partial charge on any atom is -0.383 e. The molecule has 1 amide bonds. The lowest BCUT2D eigenvalue weighted by Crippen LogP contribution is -2.38. The van der Waals surface area contributed by atoms with Crippen molar-refractivity contribution < 1.29 is 9.53 Å². The highest BCUT2D eigenvalue weighted by Gasteiger charge is 2.14. The zero-order valence-corrected chi connectivity index (χ0v) is 12.9. The first-order chi connectivity index (χ1) is 9.74. The number of carbonyl (C=O) groups excluding carboxylic acids is 1. The Morgan fingerprint density at radius 2 is 2.15 bits per heavy atom. The average molecular weight is 337 g/mol. The van der Waals surface area contributed by atoms with Gasteiger partial charge in [-0.3, -0.25) is 4.79 Å². The van der Waals surface area contributed by atoms with Crippen LogP contribution in [0, 0.1) is 0 Å². The number of para-hydroxylation sites is 1. The molecule has 1 aromatic carbocycles. The number of ether oxygens (including phenoxy) is 1. The van der Waals surface area contributed by atoms with Gasteiger partial charge in [-0.25, -0.2) is 4.98 Å². The summed E-state index contributed by atoms with van der Waals surface area (Å²) in [5.74, 6) is -0.168. The van der Waals surface area contributed by atoms with Gasteiger partial charge in [-0.15, -0.1) is 0 Å². The van der Waals surface area contributed by atoms with E-state index in [-0.39, 0.29) is 11.9 Å². The van der Waals surface area contributed by atoms with Crippen molar-refractivity contribution in [1.29, 1.82) is 0 Å². The third-order valence-corrected chi connectivity index (χ3v) is 3.45. The second-order valence-corrected chi connectivity index (χ2v) is 5.29. The first kappa shape index (κ1) is 14.9. The normalized spacial score (nSPS) is 12.3. The van der Waals surface area contributed by atoms with Crippen molar-refractivity contribution >= 4 is 32.7 Å². The zero-order valence-electron chi connectivity index (χ0n) is 11.3. The number of pyridine rings is 1. The van der Waals surface area contributed by atoms with E-state index in [2.05, 4.69) is 26.2 Å². The number of alkyl halides is 1.